The van der Waals surface area contributed by atoms with Gasteiger partial charge in [-0.2, -0.15) is 0 Å². The van der Waals surface area contributed by atoms with Gasteiger partial charge in [0, 0.05) is 11.4 Å². The lowest BCUT2D eigenvalue weighted by Gasteiger charge is -2.12. The highest BCUT2D eigenvalue weighted by Gasteiger charge is 2.27. The molecule has 1 amide bonds. The van der Waals surface area contributed by atoms with E-state index in [1.807, 2.05) is 6.07 Å². The molecule has 0 saturated heterocycles. The smallest absolute Gasteiger partial charge is 0.341 e. The number of esters is 2. The van der Waals surface area contributed by atoms with Crippen LogP contribution in [-0.2, 0) is 43.7 Å². The molecule has 1 aliphatic carbocycles. The number of anilines is 1. The molecule has 0 fully saturated rings. The predicted octanol–water partition coefficient (Wildman–Crippen LogP) is 4.08. The predicted molar refractivity (Wildman–Crippen MR) is 143 cm³/mol. The molecule has 1 heterocycles. The van der Waals surface area contributed by atoms with Gasteiger partial charge >= 0.3 is 11.9 Å². The first-order chi connectivity index (χ1) is 18.3. The zero-order valence-electron chi connectivity index (χ0n) is 20.8. The number of aryl methyl sites for hydroxylation is 1. The third kappa shape index (κ3) is 6.66. The second kappa shape index (κ2) is 12.3. The zero-order chi connectivity index (χ0) is 27.1. The summed E-state index contributed by atoms with van der Waals surface area (Å²) >= 11 is 1.34. The monoisotopic (exact) mass is 556 g/mol. The third-order valence-corrected chi connectivity index (χ3v) is 8.53. The van der Waals surface area contributed by atoms with Crippen LogP contribution in [0.4, 0.5) is 5.00 Å². The maximum absolute atomic E-state index is 12.7. The van der Waals surface area contributed by atoms with Gasteiger partial charge in [-0.05, 0) is 61.9 Å². The number of ether oxygens (including phenoxy) is 2. The first kappa shape index (κ1) is 27.5. The Morgan fingerprint density at radius 3 is 2.47 bits per heavy atom. The van der Waals surface area contributed by atoms with Crippen molar-refractivity contribution in [2.75, 3.05) is 18.5 Å². The fourth-order valence-electron chi connectivity index (χ4n) is 4.10. The fraction of sp³-hybridized carbons (Fsp3) is 0.296. The summed E-state index contributed by atoms with van der Waals surface area (Å²) in [5.74, 6) is -1.95. The summed E-state index contributed by atoms with van der Waals surface area (Å²) in [7, 11) is -3.89. The van der Waals surface area contributed by atoms with Crippen LogP contribution in [-0.4, -0.2) is 39.5 Å². The number of fused-ring (bicyclic) bond motifs is 1. The molecule has 2 N–H and O–H groups in total. The van der Waals surface area contributed by atoms with Crippen LogP contribution < -0.4 is 10.0 Å². The van der Waals surface area contributed by atoms with E-state index >= 15 is 0 Å². The Labute approximate surface area is 225 Å². The van der Waals surface area contributed by atoms with Gasteiger partial charge in [-0.15, -0.1) is 11.3 Å². The number of hydrogen-bond acceptors (Lipinski definition) is 8. The summed E-state index contributed by atoms with van der Waals surface area (Å²) in [6.07, 6.45) is 3.54. The molecule has 4 rings (SSSR count). The van der Waals surface area contributed by atoms with Crippen molar-refractivity contribution in [3.05, 3.63) is 81.7 Å². The summed E-state index contributed by atoms with van der Waals surface area (Å²) in [6, 6.07) is 14.4. The van der Waals surface area contributed by atoms with Gasteiger partial charge in [0.2, 0.25) is 10.0 Å². The van der Waals surface area contributed by atoms with Crippen LogP contribution in [0.25, 0.3) is 0 Å². The maximum atomic E-state index is 12.7. The molecule has 200 valence electrons. The molecule has 3 aromatic rings. The molecule has 38 heavy (non-hydrogen) atoms. The lowest BCUT2D eigenvalue weighted by Crippen LogP contribution is -2.24. The Bertz CT molecular complexity index is 1430. The van der Waals surface area contributed by atoms with Gasteiger partial charge in [-0.25, -0.2) is 22.7 Å². The quantitative estimate of drug-likeness (QED) is 0.360. The van der Waals surface area contributed by atoms with E-state index in [9.17, 15) is 22.8 Å². The van der Waals surface area contributed by atoms with E-state index in [0.29, 0.717) is 10.6 Å². The van der Waals surface area contributed by atoms with Crippen LogP contribution in [0.5, 0.6) is 0 Å². The lowest BCUT2D eigenvalue weighted by atomic mass is 9.95. The molecule has 0 saturated carbocycles. The van der Waals surface area contributed by atoms with Crippen LogP contribution >= 0.6 is 11.3 Å². The Hall–Kier alpha value is -3.54. The Kier molecular flexibility index (Phi) is 8.93. The molecule has 0 bridgehead atoms. The first-order valence-corrected chi connectivity index (χ1v) is 14.5. The van der Waals surface area contributed by atoms with Crippen LogP contribution in [0.2, 0.25) is 0 Å². The Morgan fingerprint density at radius 2 is 1.71 bits per heavy atom. The third-order valence-electron chi connectivity index (χ3n) is 5.93. The molecule has 9 nitrogen and oxygen atoms in total. The molecule has 11 heteroatoms. The summed E-state index contributed by atoms with van der Waals surface area (Å²) < 4.78 is 38.2. The van der Waals surface area contributed by atoms with Crippen molar-refractivity contribution in [3.8, 4) is 0 Å². The van der Waals surface area contributed by atoms with Crippen molar-refractivity contribution >= 4 is 44.2 Å². The van der Waals surface area contributed by atoms with Crippen molar-refractivity contribution in [2.45, 2.75) is 44.0 Å². The molecular weight excluding hydrogens is 528 g/mol. The van der Waals surface area contributed by atoms with E-state index < -0.39 is 34.5 Å². The van der Waals surface area contributed by atoms with Crippen LogP contribution in [0, 0.1) is 0 Å². The maximum Gasteiger partial charge on any atom is 0.341 e. The number of carbonyl (C=O) groups excluding carboxylic acids is 3. The Balaban J connectivity index is 1.39. The largest absolute Gasteiger partial charge is 0.462 e. The van der Waals surface area contributed by atoms with Gasteiger partial charge in [0.15, 0.2) is 6.61 Å². The van der Waals surface area contributed by atoms with E-state index in [2.05, 4.69) is 10.0 Å². The molecule has 1 aliphatic rings. The number of amides is 1. The van der Waals surface area contributed by atoms with Crippen molar-refractivity contribution in [1.29, 1.82) is 0 Å². The van der Waals surface area contributed by atoms with Gasteiger partial charge in [-0.1, -0.05) is 36.4 Å². The number of rotatable bonds is 10. The molecular formula is C27H28N2O7S2. The van der Waals surface area contributed by atoms with E-state index in [1.54, 1.807) is 31.2 Å². The molecule has 0 spiro atoms. The molecule has 0 unspecified atom stereocenters. The van der Waals surface area contributed by atoms with Crippen molar-refractivity contribution in [3.63, 3.8) is 0 Å². The van der Waals surface area contributed by atoms with Gasteiger partial charge in [0.25, 0.3) is 5.91 Å². The second-order valence-electron chi connectivity index (χ2n) is 8.60. The van der Waals surface area contributed by atoms with Crippen LogP contribution in [0.1, 0.15) is 56.5 Å². The number of carbonyl (C=O) groups is 3. The molecule has 0 radical (unpaired) electrons. The number of thiophene rings is 1. The van der Waals surface area contributed by atoms with Crippen LogP contribution in [0.15, 0.2) is 59.5 Å². The van der Waals surface area contributed by atoms with Crippen molar-refractivity contribution < 1.29 is 32.3 Å². The van der Waals surface area contributed by atoms with Gasteiger partial charge < -0.3 is 14.8 Å². The van der Waals surface area contributed by atoms with E-state index in [0.717, 1.165) is 41.7 Å². The summed E-state index contributed by atoms with van der Waals surface area (Å²) in [5, 5.41) is 3.06. The topological polar surface area (TPSA) is 128 Å². The standard InChI is InChI=1S/C27H28N2O7S2/c1-2-35-27(32)24-21-13-6-7-14-22(21)37-25(24)29-23(30)17-36-26(31)19-11-8-12-20(15-19)38(33,34)28-16-18-9-4-3-5-10-18/h3-5,8-12,15,28H,2,6-7,13-14,16-17H2,1H3,(H,29,30). The molecule has 2 aromatic carbocycles. The number of hydrogen-bond donors (Lipinski definition) is 2. The molecule has 0 aliphatic heterocycles. The summed E-state index contributed by atoms with van der Waals surface area (Å²) in [6.45, 7) is 1.42. The average molecular weight is 557 g/mol. The SMILES string of the molecule is CCOC(=O)c1c(NC(=O)COC(=O)c2cccc(S(=O)(=O)NCc3ccccc3)c2)sc2c1CCCC2. The highest BCUT2D eigenvalue weighted by atomic mass is 32.2. The fourth-order valence-corrected chi connectivity index (χ4v) is 6.45. The minimum atomic E-state index is -3.89. The normalized spacial score (nSPS) is 12.9. The highest BCUT2D eigenvalue weighted by Crippen LogP contribution is 2.38. The molecule has 0 atom stereocenters. The number of nitrogens with one attached hydrogen (secondary N) is 2. The number of sulfonamides is 1. The van der Waals surface area contributed by atoms with E-state index in [-0.39, 0.29) is 23.6 Å². The molecule has 1 aromatic heterocycles. The summed E-state index contributed by atoms with van der Waals surface area (Å²) in [4.78, 5) is 38.7. The van der Waals surface area contributed by atoms with E-state index in [4.69, 9.17) is 9.47 Å². The van der Waals surface area contributed by atoms with E-state index in [1.165, 1.54) is 35.6 Å². The average Bonchev–Trinajstić information content (AvgIpc) is 3.29. The second-order valence-corrected chi connectivity index (χ2v) is 11.5. The zero-order valence-corrected chi connectivity index (χ0v) is 22.5. The van der Waals surface area contributed by atoms with Gasteiger partial charge in [-0.3, -0.25) is 4.79 Å². The lowest BCUT2D eigenvalue weighted by molar-refractivity contribution is -0.119. The minimum Gasteiger partial charge on any atom is -0.462 e. The van der Waals surface area contributed by atoms with Crippen molar-refractivity contribution in [2.24, 2.45) is 0 Å². The Morgan fingerprint density at radius 1 is 0.947 bits per heavy atom. The van der Waals surface area contributed by atoms with Crippen LogP contribution in [0.3, 0.4) is 0 Å². The first-order valence-electron chi connectivity index (χ1n) is 12.2. The minimum absolute atomic E-state index is 0.0146. The van der Waals surface area contributed by atoms with Gasteiger partial charge in [0.1, 0.15) is 5.00 Å². The van der Waals surface area contributed by atoms with Gasteiger partial charge in [0.05, 0.1) is 22.6 Å². The highest BCUT2D eigenvalue weighted by molar-refractivity contribution is 7.89. The van der Waals surface area contributed by atoms with Crippen molar-refractivity contribution in [1.82, 2.24) is 4.72 Å². The summed E-state index contributed by atoms with van der Waals surface area (Å²) in [5.41, 5.74) is 2.05. The number of benzene rings is 2.